The molecule has 11 heteroatoms. The molecule has 0 radical (unpaired) electrons. The van der Waals surface area contributed by atoms with Crippen LogP contribution in [-0.4, -0.2) is 55.7 Å². The molecule has 0 fully saturated rings. The van der Waals surface area contributed by atoms with Gasteiger partial charge in [-0.15, -0.1) is 0 Å². The highest BCUT2D eigenvalue weighted by Crippen LogP contribution is 2.37. The number of allylic oxidation sites excluding steroid dienone is 1. The molecule has 256 valence electrons. The summed E-state index contributed by atoms with van der Waals surface area (Å²) in [7, 11) is 11.8. The second-order valence-electron chi connectivity index (χ2n) is 9.36. The van der Waals surface area contributed by atoms with Crippen molar-refractivity contribution in [2.24, 2.45) is 5.10 Å². The van der Waals surface area contributed by atoms with Gasteiger partial charge in [0.25, 0.3) is 0 Å². The fourth-order valence-corrected chi connectivity index (χ4v) is 7.66. The Labute approximate surface area is 286 Å². The van der Waals surface area contributed by atoms with Gasteiger partial charge in [-0.25, -0.2) is 10.2 Å². The Bertz CT molecular complexity index is 626. The number of hydrogen-bond donors (Lipinski definition) is 2. The Balaban J connectivity index is -0.0000000961. The zero-order valence-corrected chi connectivity index (χ0v) is 33.6. The minimum Gasteiger partial charge on any atom is -0.478 e. The zero-order valence-electron chi connectivity index (χ0n) is 28.7. The summed E-state index contributed by atoms with van der Waals surface area (Å²) in [6.07, 6.45) is 6.99. The van der Waals surface area contributed by atoms with Gasteiger partial charge in [-0.1, -0.05) is 140 Å². The summed E-state index contributed by atoms with van der Waals surface area (Å²) in [4.78, 5) is 20.1. The van der Waals surface area contributed by atoms with E-state index < -0.39 is 5.97 Å². The van der Waals surface area contributed by atoms with Gasteiger partial charge in [0.05, 0.1) is 0 Å². The van der Waals surface area contributed by atoms with Gasteiger partial charge in [-0.2, -0.15) is 5.10 Å². The Hall–Kier alpha value is 0.450. The number of carboxylic acid groups (broad SMARTS) is 1. The van der Waals surface area contributed by atoms with E-state index in [1.165, 1.54) is 55.3 Å². The van der Waals surface area contributed by atoms with Crippen molar-refractivity contribution in [3.05, 3.63) is 11.6 Å². The fourth-order valence-electron chi connectivity index (χ4n) is 1.62. The van der Waals surface area contributed by atoms with Crippen LogP contribution in [0.15, 0.2) is 16.8 Å². The highest BCUT2D eigenvalue weighted by Gasteiger charge is 2.14. The number of hydrazone groups is 1. The van der Waals surface area contributed by atoms with Crippen molar-refractivity contribution >= 4 is 82.4 Å². The standard InChI is InChI=1S/C7H12O2.C7H16S2.C6H14S2.C5H10N2O.C5H12S2.CH4/c1-3-4-6(2)5-7(8)9;1-5-7(3,4)9-8-6-2;1-4-6(3)8-7-5-2;1-4(2)6-7-5(3)8;1-3-5-7-6-4-2;/h5H,3-4H2,1-2H3,(H,8,9);5-6H2,1-4H3;6H,4-5H2,1-3H3;1-3H3,(H,7,8);3-5H2,1-2H3;1H4. The molecule has 1 atom stereocenters. The summed E-state index contributed by atoms with van der Waals surface area (Å²) in [5, 5.41) is 12.7. The van der Waals surface area contributed by atoms with Crippen LogP contribution in [0.3, 0.4) is 0 Å². The second-order valence-corrected chi connectivity index (χ2v) is 18.6. The van der Waals surface area contributed by atoms with Crippen LogP contribution in [0.5, 0.6) is 0 Å². The molecule has 0 rings (SSSR count). The molecular weight excluding hydrogens is 641 g/mol. The number of aliphatic carboxylic acids is 1. The van der Waals surface area contributed by atoms with Gasteiger partial charge in [0, 0.05) is 51.7 Å². The molecule has 0 aromatic carbocycles. The topological polar surface area (TPSA) is 78.8 Å². The van der Waals surface area contributed by atoms with E-state index in [0.717, 1.165) is 29.4 Å². The van der Waals surface area contributed by atoms with Gasteiger partial charge < -0.3 is 5.11 Å². The number of hydrogen-bond acceptors (Lipinski definition) is 9. The summed E-state index contributed by atoms with van der Waals surface area (Å²) in [5.41, 5.74) is 4.08. The first-order valence-corrected chi connectivity index (χ1v) is 21.8. The first-order valence-electron chi connectivity index (χ1n) is 14.6. The summed E-state index contributed by atoms with van der Waals surface area (Å²) in [5.74, 6) is 4.01. The quantitative estimate of drug-likeness (QED) is 0.0535. The van der Waals surface area contributed by atoms with E-state index in [2.05, 4.69) is 72.8 Å². The van der Waals surface area contributed by atoms with Crippen LogP contribution in [0, 0.1) is 0 Å². The maximum atomic E-state index is 10.1. The van der Waals surface area contributed by atoms with Crippen molar-refractivity contribution in [2.75, 3.05) is 23.0 Å². The van der Waals surface area contributed by atoms with Gasteiger partial charge >= 0.3 is 5.97 Å². The van der Waals surface area contributed by atoms with Crippen LogP contribution in [0.4, 0.5) is 0 Å². The van der Waals surface area contributed by atoms with Gasteiger partial charge in [-0.3, -0.25) is 4.79 Å². The third-order valence-electron chi connectivity index (χ3n) is 4.12. The lowest BCUT2D eigenvalue weighted by atomic mass is 10.1. The van der Waals surface area contributed by atoms with Crippen molar-refractivity contribution in [3.8, 4) is 0 Å². The molecule has 0 aromatic rings. The average molecular weight is 709 g/mol. The number of nitrogens with zero attached hydrogens (tertiary/aromatic N) is 1. The lowest BCUT2D eigenvalue weighted by Gasteiger charge is -2.19. The van der Waals surface area contributed by atoms with E-state index >= 15 is 0 Å². The van der Waals surface area contributed by atoms with Crippen molar-refractivity contribution in [1.82, 2.24) is 5.43 Å². The highest BCUT2D eigenvalue weighted by molar-refractivity contribution is 8.77. The van der Waals surface area contributed by atoms with Gasteiger partial charge in [0.1, 0.15) is 0 Å². The summed E-state index contributed by atoms with van der Waals surface area (Å²) in [6, 6.07) is 0. The number of nitrogens with one attached hydrogen (secondary N) is 1. The maximum absolute atomic E-state index is 10.1. The molecule has 42 heavy (non-hydrogen) atoms. The Morgan fingerprint density at radius 2 is 1.38 bits per heavy atom. The van der Waals surface area contributed by atoms with Crippen molar-refractivity contribution < 1.29 is 14.7 Å². The van der Waals surface area contributed by atoms with E-state index in [0.29, 0.717) is 4.75 Å². The summed E-state index contributed by atoms with van der Waals surface area (Å²) in [6.45, 7) is 29.0. The average Bonchev–Trinajstić information content (AvgIpc) is 2.91. The SMILES string of the molecule is C.CC(=O)NN=C(C)C.CCCC(C)=CC(=O)O.CCCSSCC.CCSSC(C)(C)CC.CCSSC(C)CC. The van der Waals surface area contributed by atoms with Crippen LogP contribution in [-0.2, 0) is 9.59 Å². The minimum absolute atomic E-state index is 0. The fraction of sp³-hybridized carbons (Fsp3) is 0.839. The van der Waals surface area contributed by atoms with E-state index in [-0.39, 0.29) is 13.3 Å². The van der Waals surface area contributed by atoms with E-state index in [4.69, 9.17) is 5.11 Å². The molecule has 1 amide bonds. The maximum Gasteiger partial charge on any atom is 0.328 e. The molecule has 0 saturated carbocycles. The van der Waals surface area contributed by atoms with Crippen LogP contribution in [0.1, 0.15) is 136 Å². The van der Waals surface area contributed by atoms with Gasteiger partial charge in [0.2, 0.25) is 5.91 Å². The van der Waals surface area contributed by atoms with E-state index in [9.17, 15) is 9.59 Å². The lowest BCUT2D eigenvalue weighted by Crippen LogP contribution is -2.13. The van der Waals surface area contributed by atoms with Crippen molar-refractivity contribution in [2.45, 2.75) is 146 Å². The van der Waals surface area contributed by atoms with Gasteiger partial charge in [0.15, 0.2) is 0 Å². The number of rotatable bonds is 16. The lowest BCUT2D eigenvalue weighted by molar-refractivity contribution is -0.131. The van der Waals surface area contributed by atoms with Crippen LogP contribution < -0.4 is 5.43 Å². The summed E-state index contributed by atoms with van der Waals surface area (Å²) < 4.78 is 0.473. The van der Waals surface area contributed by atoms with Crippen LogP contribution in [0.25, 0.3) is 0 Å². The van der Waals surface area contributed by atoms with Crippen molar-refractivity contribution in [1.29, 1.82) is 0 Å². The molecule has 0 aliphatic rings. The number of carbonyl (C=O) groups excluding carboxylic acids is 1. The highest BCUT2D eigenvalue weighted by atomic mass is 33.1. The monoisotopic (exact) mass is 708 g/mol. The third-order valence-corrected chi connectivity index (χ3v) is 13.4. The number of carboxylic acids is 1. The Morgan fingerprint density at radius 1 is 0.857 bits per heavy atom. The third kappa shape index (κ3) is 67.9. The van der Waals surface area contributed by atoms with Crippen LogP contribution >= 0.6 is 64.8 Å². The molecule has 1 unspecified atom stereocenters. The number of amides is 1. The molecule has 0 spiro atoms. The van der Waals surface area contributed by atoms with E-state index in [1.54, 1.807) is 0 Å². The normalized spacial score (nSPS) is 10.8. The molecule has 0 bridgehead atoms. The smallest absolute Gasteiger partial charge is 0.328 e. The molecule has 2 N–H and O–H groups in total. The van der Waals surface area contributed by atoms with Gasteiger partial charge in [-0.05, 0) is 60.3 Å². The first kappa shape index (κ1) is 54.9. The Morgan fingerprint density at radius 3 is 1.69 bits per heavy atom. The van der Waals surface area contributed by atoms with Crippen molar-refractivity contribution in [3.63, 3.8) is 0 Å². The minimum atomic E-state index is -0.846. The second kappa shape index (κ2) is 43.6. The first-order chi connectivity index (χ1) is 19.1. The largest absolute Gasteiger partial charge is 0.478 e. The molecule has 0 aliphatic heterocycles. The predicted octanol–water partition coefficient (Wildman–Crippen LogP) is 12.5. The Kier molecular flexibility index (Phi) is 57.0. The molecule has 5 nitrogen and oxygen atoms in total. The molecular formula is C31H68N2O3S6. The van der Waals surface area contributed by atoms with E-state index in [1.807, 2.05) is 92.5 Å². The predicted molar refractivity (Wildman–Crippen MR) is 212 cm³/mol. The molecule has 0 heterocycles. The zero-order chi connectivity index (χ0) is 33.1. The summed E-state index contributed by atoms with van der Waals surface area (Å²) >= 11 is 0. The molecule has 0 aliphatic carbocycles. The number of carbonyl (C=O) groups is 2. The molecule has 0 aromatic heterocycles. The van der Waals surface area contributed by atoms with Crippen LogP contribution in [0.2, 0.25) is 0 Å². The molecule has 0 saturated heterocycles.